The van der Waals surface area contributed by atoms with E-state index in [1.807, 2.05) is 18.2 Å². The Labute approximate surface area is 94.9 Å². The van der Waals surface area contributed by atoms with Gasteiger partial charge >= 0.3 is 0 Å². The van der Waals surface area contributed by atoms with Crippen molar-refractivity contribution < 1.29 is 4.74 Å². The van der Waals surface area contributed by atoms with Gasteiger partial charge in [-0.1, -0.05) is 6.07 Å². The van der Waals surface area contributed by atoms with E-state index in [4.69, 9.17) is 10.6 Å². The SMILES string of the molecule is COCCNC(=NCc1ccccn1)NN. The third-order valence-electron chi connectivity index (χ3n) is 1.86. The van der Waals surface area contributed by atoms with E-state index in [0.717, 1.165) is 5.69 Å². The first-order chi connectivity index (χ1) is 7.86. The molecule has 0 bridgehead atoms. The summed E-state index contributed by atoms with van der Waals surface area (Å²) in [4.78, 5) is 8.39. The van der Waals surface area contributed by atoms with E-state index in [2.05, 4.69) is 20.7 Å². The van der Waals surface area contributed by atoms with Gasteiger partial charge in [0, 0.05) is 19.9 Å². The summed E-state index contributed by atoms with van der Waals surface area (Å²) in [7, 11) is 1.64. The Morgan fingerprint density at radius 2 is 2.44 bits per heavy atom. The van der Waals surface area contributed by atoms with E-state index in [1.54, 1.807) is 13.3 Å². The second kappa shape index (κ2) is 7.61. The van der Waals surface area contributed by atoms with Gasteiger partial charge in [-0.3, -0.25) is 10.4 Å². The molecule has 88 valence electrons. The molecule has 1 aromatic rings. The highest BCUT2D eigenvalue weighted by molar-refractivity contribution is 5.79. The Hall–Kier alpha value is -1.66. The smallest absolute Gasteiger partial charge is 0.206 e. The number of nitrogens with zero attached hydrogens (tertiary/aromatic N) is 2. The zero-order valence-corrected chi connectivity index (χ0v) is 9.31. The fraction of sp³-hybridized carbons (Fsp3) is 0.400. The molecular weight excluding hydrogens is 206 g/mol. The zero-order chi connectivity index (χ0) is 11.6. The topological polar surface area (TPSA) is 84.6 Å². The number of aliphatic imine (C=N–C) groups is 1. The maximum Gasteiger partial charge on any atom is 0.206 e. The van der Waals surface area contributed by atoms with Crippen LogP contribution in [0.5, 0.6) is 0 Å². The van der Waals surface area contributed by atoms with E-state index in [0.29, 0.717) is 25.7 Å². The maximum absolute atomic E-state index is 5.31. The van der Waals surface area contributed by atoms with Crippen LogP contribution in [0.25, 0.3) is 0 Å². The molecule has 0 saturated heterocycles. The molecule has 4 N–H and O–H groups in total. The molecule has 0 aliphatic rings. The van der Waals surface area contributed by atoms with Crippen molar-refractivity contribution in [2.24, 2.45) is 10.8 Å². The summed E-state index contributed by atoms with van der Waals surface area (Å²) in [5.74, 6) is 5.84. The minimum Gasteiger partial charge on any atom is -0.383 e. The fourth-order valence-electron chi connectivity index (χ4n) is 1.08. The lowest BCUT2D eigenvalue weighted by atomic mass is 10.3. The molecular formula is C10H17N5O. The highest BCUT2D eigenvalue weighted by Gasteiger charge is 1.95. The summed E-state index contributed by atoms with van der Waals surface area (Å²) in [6.07, 6.45) is 1.73. The lowest BCUT2D eigenvalue weighted by Crippen LogP contribution is -2.42. The van der Waals surface area contributed by atoms with Crippen LogP contribution in [0.15, 0.2) is 29.4 Å². The first-order valence-corrected chi connectivity index (χ1v) is 5.00. The number of pyridine rings is 1. The molecule has 0 aliphatic carbocycles. The van der Waals surface area contributed by atoms with Crippen molar-refractivity contribution in [3.8, 4) is 0 Å². The number of ether oxygens (including phenoxy) is 1. The summed E-state index contributed by atoms with van der Waals surface area (Å²) in [5.41, 5.74) is 3.38. The standard InChI is InChI=1S/C10H17N5O/c1-16-7-6-13-10(15-11)14-8-9-4-2-3-5-12-9/h2-5H,6-8,11H2,1H3,(H2,13,14,15). The highest BCUT2D eigenvalue weighted by atomic mass is 16.5. The van der Waals surface area contributed by atoms with E-state index in [9.17, 15) is 0 Å². The van der Waals surface area contributed by atoms with E-state index >= 15 is 0 Å². The minimum atomic E-state index is 0.486. The number of hydrogen-bond donors (Lipinski definition) is 3. The quantitative estimate of drug-likeness (QED) is 0.209. The summed E-state index contributed by atoms with van der Waals surface area (Å²) < 4.78 is 4.90. The highest BCUT2D eigenvalue weighted by Crippen LogP contribution is 1.94. The molecule has 0 aromatic carbocycles. The molecule has 1 rings (SSSR count). The third-order valence-corrected chi connectivity index (χ3v) is 1.86. The number of methoxy groups -OCH3 is 1. The summed E-state index contributed by atoms with van der Waals surface area (Å²) in [6.45, 7) is 1.74. The Morgan fingerprint density at radius 1 is 1.56 bits per heavy atom. The molecule has 0 unspecified atom stereocenters. The van der Waals surface area contributed by atoms with E-state index < -0.39 is 0 Å². The van der Waals surface area contributed by atoms with Gasteiger partial charge in [0.2, 0.25) is 5.96 Å². The van der Waals surface area contributed by atoms with Crippen LogP contribution in [-0.2, 0) is 11.3 Å². The Morgan fingerprint density at radius 3 is 3.06 bits per heavy atom. The summed E-state index contributed by atoms with van der Waals surface area (Å²) in [6, 6.07) is 5.70. The molecule has 1 aromatic heterocycles. The Balaban J connectivity index is 2.40. The van der Waals surface area contributed by atoms with E-state index in [1.165, 1.54) is 0 Å². The molecule has 6 heteroatoms. The molecule has 0 amide bonds. The molecule has 6 nitrogen and oxygen atoms in total. The van der Waals surface area contributed by atoms with Crippen LogP contribution >= 0.6 is 0 Å². The molecule has 1 heterocycles. The van der Waals surface area contributed by atoms with Gasteiger partial charge in [-0.15, -0.1) is 0 Å². The van der Waals surface area contributed by atoms with Crippen LogP contribution < -0.4 is 16.6 Å². The second-order valence-electron chi connectivity index (χ2n) is 3.05. The molecule has 0 spiro atoms. The van der Waals surface area contributed by atoms with Gasteiger partial charge < -0.3 is 10.1 Å². The molecule has 0 radical (unpaired) electrons. The average molecular weight is 223 g/mol. The second-order valence-corrected chi connectivity index (χ2v) is 3.05. The van der Waals surface area contributed by atoms with Crippen molar-refractivity contribution in [3.05, 3.63) is 30.1 Å². The van der Waals surface area contributed by atoms with Crippen LogP contribution in [0.4, 0.5) is 0 Å². The van der Waals surface area contributed by atoms with Gasteiger partial charge in [-0.2, -0.15) is 0 Å². The number of hydrogen-bond acceptors (Lipinski definition) is 4. The zero-order valence-electron chi connectivity index (χ0n) is 9.31. The monoisotopic (exact) mass is 223 g/mol. The van der Waals surface area contributed by atoms with E-state index in [-0.39, 0.29) is 0 Å². The molecule has 0 aliphatic heterocycles. The van der Waals surface area contributed by atoms with Gasteiger partial charge in [0.05, 0.1) is 18.8 Å². The van der Waals surface area contributed by atoms with Crippen LogP contribution in [0.1, 0.15) is 5.69 Å². The van der Waals surface area contributed by atoms with Gasteiger partial charge in [-0.25, -0.2) is 10.8 Å². The maximum atomic E-state index is 5.31. The van der Waals surface area contributed by atoms with Gasteiger partial charge in [0.15, 0.2) is 0 Å². The predicted molar refractivity (Wildman–Crippen MR) is 62.6 cm³/mol. The Kier molecular flexibility index (Phi) is 5.90. The van der Waals surface area contributed by atoms with Gasteiger partial charge in [0.25, 0.3) is 0 Å². The molecule has 0 atom stereocenters. The van der Waals surface area contributed by atoms with Crippen molar-refractivity contribution in [1.29, 1.82) is 0 Å². The van der Waals surface area contributed by atoms with Crippen molar-refractivity contribution in [2.45, 2.75) is 6.54 Å². The van der Waals surface area contributed by atoms with Gasteiger partial charge in [0.1, 0.15) is 0 Å². The predicted octanol–water partition coefficient (Wildman–Crippen LogP) is -0.363. The summed E-state index contributed by atoms with van der Waals surface area (Å²) >= 11 is 0. The van der Waals surface area contributed by atoms with Gasteiger partial charge in [-0.05, 0) is 12.1 Å². The van der Waals surface area contributed by atoms with Crippen LogP contribution in [0.2, 0.25) is 0 Å². The minimum absolute atomic E-state index is 0.486. The number of aromatic nitrogens is 1. The van der Waals surface area contributed by atoms with Crippen LogP contribution in [0.3, 0.4) is 0 Å². The van der Waals surface area contributed by atoms with Crippen LogP contribution in [0, 0.1) is 0 Å². The van der Waals surface area contributed by atoms with Crippen molar-refractivity contribution in [1.82, 2.24) is 15.7 Å². The molecule has 0 saturated carbocycles. The molecule has 16 heavy (non-hydrogen) atoms. The average Bonchev–Trinajstić information content (AvgIpc) is 2.35. The first kappa shape index (κ1) is 12.4. The number of rotatable bonds is 5. The fourth-order valence-corrected chi connectivity index (χ4v) is 1.08. The molecule has 0 fully saturated rings. The number of hydrazine groups is 1. The normalized spacial score (nSPS) is 11.2. The van der Waals surface area contributed by atoms with Crippen molar-refractivity contribution in [2.75, 3.05) is 20.3 Å². The number of nitrogens with two attached hydrogens (primary N) is 1. The largest absolute Gasteiger partial charge is 0.383 e. The third kappa shape index (κ3) is 4.72. The number of guanidine groups is 1. The lowest BCUT2D eigenvalue weighted by molar-refractivity contribution is 0.203. The number of nitrogens with one attached hydrogen (secondary N) is 2. The van der Waals surface area contributed by atoms with Crippen LogP contribution in [-0.4, -0.2) is 31.2 Å². The van der Waals surface area contributed by atoms with Crippen molar-refractivity contribution >= 4 is 5.96 Å². The summed E-state index contributed by atoms with van der Waals surface area (Å²) in [5, 5.41) is 3.00. The first-order valence-electron chi connectivity index (χ1n) is 5.00. The lowest BCUT2D eigenvalue weighted by Gasteiger charge is -2.08. The Bertz CT molecular complexity index is 314. The van der Waals surface area contributed by atoms with Crippen molar-refractivity contribution in [3.63, 3.8) is 0 Å².